The van der Waals surface area contributed by atoms with E-state index in [1.54, 1.807) is 0 Å². The molecule has 1 aromatic heterocycles. The Kier molecular flexibility index (Phi) is 6.43. The predicted molar refractivity (Wildman–Crippen MR) is 105 cm³/mol. The molecule has 5 nitrogen and oxygen atoms in total. The smallest absolute Gasteiger partial charge is 0.385 e. The van der Waals surface area contributed by atoms with Gasteiger partial charge in [-0.05, 0) is 42.8 Å². The third-order valence-corrected chi connectivity index (χ3v) is 4.35. The highest BCUT2D eigenvalue weighted by Gasteiger charge is 2.40. The van der Waals surface area contributed by atoms with E-state index >= 15 is 0 Å². The van der Waals surface area contributed by atoms with Crippen molar-refractivity contribution >= 4 is 23.2 Å². The highest BCUT2D eigenvalue weighted by atomic mass is 35.5. The Morgan fingerprint density at radius 2 is 1.72 bits per heavy atom. The van der Waals surface area contributed by atoms with Crippen LogP contribution in [0.4, 0.5) is 18.9 Å². The van der Waals surface area contributed by atoms with Crippen molar-refractivity contribution in [2.75, 3.05) is 18.4 Å². The molecule has 1 amide bonds. The van der Waals surface area contributed by atoms with Gasteiger partial charge in [-0.1, -0.05) is 29.8 Å². The summed E-state index contributed by atoms with van der Waals surface area (Å²) in [5, 5.41) is 9.84. The fourth-order valence-corrected chi connectivity index (χ4v) is 2.87. The molecule has 29 heavy (non-hydrogen) atoms. The molecule has 0 aliphatic heterocycles. The first kappa shape index (κ1) is 20.7. The van der Waals surface area contributed by atoms with Crippen LogP contribution in [0.2, 0.25) is 5.02 Å². The molecule has 0 fully saturated rings. The fraction of sp³-hybridized carbons (Fsp3) is 0.200. The summed E-state index contributed by atoms with van der Waals surface area (Å²) < 4.78 is 41.6. The van der Waals surface area contributed by atoms with Crippen LogP contribution in [0.15, 0.2) is 60.8 Å². The minimum atomic E-state index is -4.75. The number of para-hydroxylation sites is 1. The Bertz CT molecular complexity index is 956. The number of alkyl halides is 3. The summed E-state index contributed by atoms with van der Waals surface area (Å²) in [5.41, 5.74) is -0.557. The lowest BCUT2D eigenvalue weighted by molar-refractivity contribution is -0.143. The second-order valence-electron chi connectivity index (χ2n) is 6.20. The van der Waals surface area contributed by atoms with Crippen LogP contribution < -0.4 is 10.6 Å². The van der Waals surface area contributed by atoms with E-state index in [2.05, 4.69) is 15.7 Å². The van der Waals surface area contributed by atoms with Gasteiger partial charge >= 0.3 is 6.18 Å². The van der Waals surface area contributed by atoms with Crippen LogP contribution in [0.1, 0.15) is 22.5 Å². The maximum Gasteiger partial charge on any atom is 0.434 e. The van der Waals surface area contributed by atoms with Gasteiger partial charge in [0.05, 0.1) is 17.4 Å². The quantitative estimate of drug-likeness (QED) is 0.539. The lowest BCUT2D eigenvalue weighted by Crippen LogP contribution is -2.28. The minimum absolute atomic E-state index is 0.160. The van der Waals surface area contributed by atoms with Crippen LogP contribution in [-0.2, 0) is 6.18 Å². The molecule has 0 radical (unpaired) electrons. The molecule has 152 valence electrons. The van der Waals surface area contributed by atoms with E-state index in [4.69, 9.17) is 11.6 Å². The van der Waals surface area contributed by atoms with Crippen molar-refractivity contribution in [2.45, 2.75) is 12.6 Å². The number of nitrogens with one attached hydrogen (secondary N) is 2. The maximum absolute atomic E-state index is 13.6. The molecular weight excluding hydrogens is 405 g/mol. The Hall–Kier alpha value is -3.00. The summed E-state index contributed by atoms with van der Waals surface area (Å²) in [4.78, 5) is 12.3. The molecule has 0 spiro atoms. The average Bonchev–Trinajstić information content (AvgIpc) is 3.15. The molecule has 0 atom stereocenters. The number of rotatable bonds is 7. The predicted octanol–water partition coefficient (Wildman–Crippen LogP) is 4.78. The van der Waals surface area contributed by atoms with Crippen molar-refractivity contribution < 1.29 is 18.0 Å². The summed E-state index contributed by atoms with van der Waals surface area (Å²) in [6.45, 7) is 0.794. The third kappa shape index (κ3) is 5.29. The van der Waals surface area contributed by atoms with Crippen molar-refractivity contribution in [3.63, 3.8) is 0 Å². The zero-order valence-electron chi connectivity index (χ0n) is 15.2. The van der Waals surface area contributed by atoms with Crippen LogP contribution in [0.25, 0.3) is 5.69 Å². The summed E-state index contributed by atoms with van der Waals surface area (Å²) >= 11 is 5.79. The molecule has 0 saturated carbocycles. The number of nitrogens with zero attached hydrogens (tertiary/aromatic N) is 2. The number of halogens is 4. The Balaban J connectivity index is 1.66. The number of hydrogen-bond acceptors (Lipinski definition) is 3. The maximum atomic E-state index is 13.6. The Morgan fingerprint density at radius 1 is 1.03 bits per heavy atom. The normalized spacial score (nSPS) is 11.3. The fourth-order valence-electron chi connectivity index (χ4n) is 2.74. The van der Waals surface area contributed by atoms with Gasteiger partial charge in [-0.15, -0.1) is 0 Å². The van der Waals surface area contributed by atoms with E-state index in [0.29, 0.717) is 22.7 Å². The molecule has 0 aliphatic rings. The van der Waals surface area contributed by atoms with Crippen molar-refractivity contribution in [1.82, 2.24) is 15.1 Å². The van der Waals surface area contributed by atoms with Crippen molar-refractivity contribution in [2.24, 2.45) is 0 Å². The van der Waals surface area contributed by atoms with Gasteiger partial charge in [-0.2, -0.15) is 18.3 Å². The zero-order chi connectivity index (χ0) is 20.9. The van der Waals surface area contributed by atoms with Crippen molar-refractivity contribution in [1.29, 1.82) is 0 Å². The van der Waals surface area contributed by atoms with Gasteiger partial charge in [0.25, 0.3) is 5.91 Å². The molecule has 0 unspecified atom stereocenters. The van der Waals surface area contributed by atoms with Gasteiger partial charge in [0, 0.05) is 23.8 Å². The second kappa shape index (κ2) is 9.00. The molecular formula is C20H18ClF3N4O. The molecule has 2 N–H and O–H groups in total. The summed E-state index contributed by atoms with van der Waals surface area (Å²) in [6.07, 6.45) is -3.28. The largest absolute Gasteiger partial charge is 0.434 e. The second-order valence-corrected chi connectivity index (χ2v) is 6.63. The van der Waals surface area contributed by atoms with Crippen LogP contribution in [-0.4, -0.2) is 28.8 Å². The van der Waals surface area contributed by atoms with E-state index in [1.807, 2.05) is 30.3 Å². The van der Waals surface area contributed by atoms with Gasteiger partial charge in [0.15, 0.2) is 5.69 Å². The monoisotopic (exact) mass is 422 g/mol. The lowest BCUT2D eigenvalue weighted by atomic mass is 10.2. The summed E-state index contributed by atoms with van der Waals surface area (Å²) in [5.74, 6) is -0.822. The standard InChI is InChI=1S/C20H18ClF3N4O/c21-14-7-9-16(10-8-14)28-18(20(22,23)24)17(13-27-28)19(29)26-12-4-11-25-15-5-2-1-3-6-15/h1-3,5-10,13,25H,4,11-12H2,(H,26,29). The zero-order valence-corrected chi connectivity index (χ0v) is 16.0. The molecule has 3 rings (SSSR count). The molecule has 0 saturated heterocycles. The number of anilines is 1. The Labute approximate surface area is 170 Å². The summed E-state index contributed by atoms with van der Waals surface area (Å²) in [7, 11) is 0. The first-order valence-electron chi connectivity index (χ1n) is 8.84. The number of carbonyl (C=O) groups is 1. The highest BCUT2D eigenvalue weighted by Crippen LogP contribution is 2.33. The van der Waals surface area contributed by atoms with Gasteiger partial charge in [-0.3, -0.25) is 4.79 Å². The number of hydrogen-bond donors (Lipinski definition) is 2. The van der Waals surface area contributed by atoms with E-state index in [9.17, 15) is 18.0 Å². The van der Waals surface area contributed by atoms with Gasteiger partial charge in [-0.25, -0.2) is 4.68 Å². The highest BCUT2D eigenvalue weighted by molar-refractivity contribution is 6.30. The molecule has 0 bridgehead atoms. The Morgan fingerprint density at radius 3 is 2.38 bits per heavy atom. The van der Waals surface area contributed by atoms with Gasteiger partial charge in [0.2, 0.25) is 0 Å². The van der Waals surface area contributed by atoms with E-state index < -0.39 is 23.3 Å². The van der Waals surface area contributed by atoms with Crippen LogP contribution in [0.3, 0.4) is 0 Å². The van der Waals surface area contributed by atoms with Crippen molar-refractivity contribution in [3.05, 3.63) is 77.1 Å². The third-order valence-electron chi connectivity index (χ3n) is 4.10. The van der Waals surface area contributed by atoms with E-state index in [-0.39, 0.29) is 12.2 Å². The van der Waals surface area contributed by atoms with Crippen LogP contribution in [0.5, 0.6) is 0 Å². The van der Waals surface area contributed by atoms with E-state index in [0.717, 1.165) is 11.9 Å². The SMILES string of the molecule is O=C(NCCCNc1ccccc1)c1cnn(-c2ccc(Cl)cc2)c1C(F)(F)F. The molecule has 1 heterocycles. The molecule has 0 aliphatic carbocycles. The number of aromatic nitrogens is 2. The van der Waals surface area contributed by atoms with Gasteiger partial charge in [0.1, 0.15) is 0 Å². The first-order chi connectivity index (χ1) is 13.9. The van der Waals surface area contributed by atoms with Gasteiger partial charge < -0.3 is 10.6 Å². The summed E-state index contributed by atoms with van der Waals surface area (Å²) in [6, 6.07) is 15.2. The van der Waals surface area contributed by atoms with Crippen LogP contribution >= 0.6 is 11.6 Å². The average molecular weight is 423 g/mol. The molecule has 2 aromatic carbocycles. The molecule has 3 aromatic rings. The first-order valence-corrected chi connectivity index (χ1v) is 9.22. The number of amides is 1. The number of benzene rings is 2. The van der Waals surface area contributed by atoms with E-state index in [1.165, 1.54) is 24.3 Å². The van der Waals surface area contributed by atoms with Crippen LogP contribution in [0, 0.1) is 0 Å². The topological polar surface area (TPSA) is 59.0 Å². The number of carbonyl (C=O) groups excluding carboxylic acids is 1. The lowest BCUT2D eigenvalue weighted by Gasteiger charge is -2.13. The minimum Gasteiger partial charge on any atom is -0.385 e. The van der Waals surface area contributed by atoms with Crippen molar-refractivity contribution in [3.8, 4) is 5.69 Å². The molecule has 9 heteroatoms.